The van der Waals surface area contributed by atoms with Gasteiger partial charge in [-0.15, -0.1) is 0 Å². The largest absolute Gasteiger partial charge is 0.480 e. The Hall–Kier alpha value is -2.37. The van der Waals surface area contributed by atoms with Gasteiger partial charge in [0.25, 0.3) is 5.91 Å². The highest BCUT2D eigenvalue weighted by Gasteiger charge is 2.30. The van der Waals surface area contributed by atoms with Crippen molar-refractivity contribution in [2.45, 2.75) is 25.3 Å². The molecule has 0 saturated heterocycles. The third kappa shape index (κ3) is 3.04. The van der Waals surface area contributed by atoms with Gasteiger partial charge < -0.3 is 15.4 Å². The number of carboxylic acid groups (broad SMARTS) is 1. The summed E-state index contributed by atoms with van der Waals surface area (Å²) >= 11 is 0. The van der Waals surface area contributed by atoms with Gasteiger partial charge in [-0.05, 0) is 36.6 Å². The molecular formula is C15H15FN2O3. The van der Waals surface area contributed by atoms with E-state index in [0.29, 0.717) is 23.2 Å². The minimum absolute atomic E-state index is 0.234. The molecule has 6 heteroatoms. The highest BCUT2D eigenvalue weighted by molar-refractivity contribution is 5.99. The van der Waals surface area contributed by atoms with Gasteiger partial charge in [-0.3, -0.25) is 4.79 Å². The number of rotatable bonds is 5. The van der Waals surface area contributed by atoms with E-state index in [9.17, 15) is 14.0 Å². The summed E-state index contributed by atoms with van der Waals surface area (Å²) in [5.74, 6) is -1.51. The van der Waals surface area contributed by atoms with Crippen LogP contribution in [0.3, 0.4) is 0 Å². The quantitative estimate of drug-likeness (QED) is 0.790. The second-order valence-corrected chi connectivity index (χ2v) is 5.46. The summed E-state index contributed by atoms with van der Waals surface area (Å²) in [5, 5.41) is 12.2. The minimum Gasteiger partial charge on any atom is -0.480 e. The number of nitrogens with one attached hydrogen (secondary N) is 2. The first-order valence-corrected chi connectivity index (χ1v) is 6.85. The van der Waals surface area contributed by atoms with Gasteiger partial charge in [-0.25, -0.2) is 9.18 Å². The lowest BCUT2D eigenvalue weighted by molar-refractivity contribution is -0.139. The van der Waals surface area contributed by atoms with Crippen molar-refractivity contribution in [1.29, 1.82) is 0 Å². The molecule has 1 unspecified atom stereocenters. The summed E-state index contributed by atoms with van der Waals surface area (Å²) < 4.78 is 13.1. The van der Waals surface area contributed by atoms with E-state index < -0.39 is 17.9 Å². The molecule has 110 valence electrons. The molecule has 3 N–H and O–H groups in total. The van der Waals surface area contributed by atoms with Gasteiger partial charge in [0.05, 0.1) is 0 Å². The molecule has 0 spiro atoms. The van der Waals surface area contributed by atoms with Crippen LogP contribution in [0.5, 0.6) is 0 Å². The summed E-state index contributed by atoms with van der Waals surface area (Å²) in [7, 11) is 0. The summed E-state index contributed by atoms with van der Waals surface area (Å²) in [6, 6.07) is 4.80. The van der Waals surface area contributed by atoms with E-state index in [2.05, 4.69) is 10.3 Å². The standard InChI is InChI=1S/C15H15FN2O3/c16-10-3-4-11-9(6-10)7-12(17-11)14(19)18-13(15(20)21)5-8-1-2-8/h3-4,6-8,13,17H,1-2,5H2,(H,18,19)(H,20,21). The van der Waals surface area contributed by atoms with Gasteiger partial charge in [-0.2, -0.15) is 0 Å². The van der Waals surface area contributed by atoms with E-state index in [1.54, 1.807) is 6.07 Å². The van der Waals surface area contributed by atoms with Gasteiger partial charge in [0.2, 0.25) is 0 Å². The van der Waals surface area contributed by atoms with Crippen molar-refractivity contribution in [2.75, 3.05) is 0 Å². The van der Waals surface area contributed by atoms with Gasteiger partial charge in [0, 0.05) is 10.9 Å². The fourth-order valence-electron chi connectivity index (χ4n) is 2.37. The van der Waals surface area contributed by atoms with Crippen LogP contribution in [-0.4, -0.2) is 28.0 Å². The van der Waals surface area contributed by atoms with Crippen molar-refractivity contribution >= 4 is 22.8 Å². The molecule has 0 radical (unpaired) electrons. The number of aromatic nitrogens is 1. The van der Waals surface area contributed by atoms with Crippen LogP contribution < -0.4 is 5.32 Å². The van der Waals surface area contributed by atoms with E-state index in [1.807, 2.05) is 0 Å². The van der Waals surface area contributed by atoms with Crippen molar-refractivity contribution in [3.8, 4) is 0 Å². The van der Waals surface area contributed by atoms with Crippen molar-refractivity contribution in [3.63, 3.8) is 0 Å². The third-order valence-corrected chi connectivity index (χ3v) is 3.70. The van der Waals surface area contributed by atoms with Crippen LogP contribution >= 0.6 is 0 Å². The van der Waals surface area contributed by atoms with Gasteiger partial charge >= 0.3 is 5.97 Å². The highest BCUT2D eigenvalue weighted by Crippen LogP contribution is 2.33. The van der Waals surface area contributed by atoms with Crippen LogP contribution in [0.15, 0.2) is 24.3 Å². The monoisotopic (exact) mass is 290 g/mol. The minimum atomic E-state index is -1.03. The fraction of sp³-hybridized carbons (Fsp3) is 0.333. The molecule has 1 heterocycles. The number of hydrogen-bond donors (Lipinski definition) is 3. The van der Waals surface area contributed by atoms with Crippen molar-refractivity contribution < 1.29 is 19.1 Å². The van der Waals surface area contributed by atoms with Gasteiger partial charge in [0.15, 0.2) is 0 Å². The Bertz CT molecular complexity index is 706. The summed E-state index contributed by atoms with van der Waals surface area (Å²) in [4.78, 5) is 26.2. The molecule has 1 aromatic carbocycles. The second-order valence-electron chi connectivity index (χ2n) is 5.46. The zero-order valence-corrected chi connectivity index (χ0v) is 11.2. The number of H-pyrrole nitrogens is 1. The van der Waals surface area contributed by atoms with Crippen LogP contribution in [0.2, 0.25) is 0 Å². The molecule has 21 heavy (non-hydrogen) atoms. The first-order valence-electron chi connectivity index (χ1n) is 6.85. The van der Waals surface area contributed by atoms with Crippen LogP contribution in [0.1, 0.15) is 29.8 Å². The topological polar surface area (TPSA) is 82.2 Å². The molecule has 5 nitrogen and oxygen atoms in total. The Labute approximate surface area is 120 Å². The molecule has 3 rings (SSSR count). The molecule has 1 aliphatic rings. The molecule has 1 fully saturated rings. The Kier molecular flexibility index (Phi) is 3.37. The Morgan fingerprint density at radius 1 is 1.38 bits per heavy atom. The fourth-order valence-corrected chi connectivity index (χ4v) is 2.37. The molecule has 0 bridgehead atoms. The average Bonchev–Trinajstić information content (AvgIpc) is 3.14. The molecular weight excluding hydrogens is 275 g/mol. The second kappa shape index (κ2) is 5.20. The van der Waals surface area contributed by atoms with E-state index >= 15 is 0 Å². The van der Waals surface area contributed by atoms with E-state index in [4.69, 9.17) is 5.11 Å². The Balaban J connectivity index is 1.77. The van der Waals surface area contributed by atoms with Crippen LogP contribution in [0.4, 0.5) is 4.39 Å². The van der Waals surface area contributed by atoms with Crippen molar-refractivity contribution in [3.05, 3.63) is 35.8 Å². The molecule has 1 aromatic heterocycles. The maximum absolute atomic E-state index is 13.1. The molecule has 1 aliphatic carbocycles. The third-order valence-electron chi connectivity index (χ3n) is 3.70. The SMILES string of the molecule is O=C(NC(CC1CC1)C(=O)O)c1cc2cc(F)ccc2[nH]1. The lowest BCUT2D eigenvalue weighted by Gasteiger charge is -2.13. The maximum Gasteiger partial charge on any atom is 0.326 e. The number of amides is 1. The van der Waals surface area contributed by atoms with Crippen LogP contribution in [0.25, 0.3) is 10.9 Å². The Morgan fingerprint density at radius 3 is 2.81 bits per heavy atom. The maximum atomic E-state index is 13.1. The highest BCUT2D eigenvalue weighted by atomic mass is 19.1. The number of carboxylic acids is 1. The van der Waals surface area contributed by atoms with Crippen LogP contribution in [0, 0.1) is 11.7 Å². The number of aliphatic carboxylic acids is 1. The number of fused-ring (bicyclic) bond motifs is 1. The number of carbonyl (C=O) groups is 2. The van der Waals surface area contributed by atoms with Gasteiger partial charge in [-0.1, -0.05) is 12.8 Å². The number of aromatic amines is 1. The normalized spacial score (nSPS) is 15.9. The van der Waals surface area contributed by atoms with E-state index in [0.717, 1.165) is 12.8 Å². The molecule has 1 atom stereocenters. The van der Waals surface area contributed by atoms with Crippen molar-refractivity contribution in [2.24, 2.45) is 5.92 Å². The molecule has 0 aliphatic heterocycles. The predicted molar refractivity (Wildman–Crippen MR) is 74.5 cm³/mol. The molecule has 1 saturated carbocycles. The predicted octanol–water partition coefficient (Wildman–Crippen LogP) is 2.29. The number of hydrogen-bond acceptors (Lipinski definition) is 2. The summed E-state index contributed by atoms with van der Waals surface area (Å²) in [6.07, 6.45) is 2.49. The lowest BCUT2D eigenvalue weighted by Crippen LogP contribution is -2.41. The van der Waals surface area contributed by atoms with E-state index in [-0.39, 0.29) is 11.5 Å². The smallest absolute Gasteiger partial charge is 0.326 e. The zero-order chi connectivity index (χ0) is 15.0. The average molecular weight is 290 g/mol. The first-order chi connectivity index (χ1) is 10.0. The number of benzene rings is 1. The zero-order valence-electron chi connectivity index (χ0n) is 11.2. The number of halogens is 1. The summed E-state index contributed by atoms with van der Waals surface area (Å²) in [5.41, 5.74) is 0.869. The number of carbonyl (C=O) groups excluding carboxylic acids is 1. The van der Waals surface area contributed by atoms with Crippen LogP contribution in [-0.2, 0) is 4.79 Å². The van der Waals surface area contributed by atoms with E-state index in [1.165, 1.54) is 18.2 Å². The molecule has 2 aromatic rings. The van der Waals surface area contributed by atoms with Crippen molar-refractivity contribution in [1.82, 2.24) is 10.3 Å². The lowest BCUT2D eigenvalue weighted by atomic mass is 10.1. The summed E-state index contributed by atoms with van der Waals surface area (Å²) in [6.45, 7) is 0. The van der Waals surface area contributed by atoms with Gasteiger partial charge in [0.1, 0.15) is 17.6 Å². The first kappa shape index (κ1) is 13.6. The molecule has 1 amide bonds. The Morgan fingerprint density at radius 2 is 2.14 bits per heavy atom.